The number of amides is 1. The lowest BCUT2D eigenvalue weighted by molar-refractivity contribution is -0.134. The van der Waals surface area contributed by atoms with E-state index in [0.29, 0.717) is 47.6 Å². The van der Waals surface area contributed by atoms with E-state index in [4.69, 9.17) is 32.7 Å². The van der Waals surface area contributed by atoms with Crippen LogP contribution in [-0.4, -0.2) is 61.7 Å². The number of ether oxygens (including phenoxy) is 2. The third-order valence-electron chi connectivity index (χ3n) is 4.98. The van der Waals surface area contributed by atoms with E-state index in [0.717, 1.165) is 16.5 Å². The summed E-state index contributed by atoms with van der Waals surface area (Å²) in [5.41, 5.74) is 2.69. The second-order valence-corrected chi connectivity index (χ2v) is 7.48. The van der Waals surface area contributed by atoms with Crippen LogP contribution in [0.3, 0.4) is 0 Å². The molecule has 1 aliphatic heterocycles. The Morgan fingerprint density at radius 1 is 1.37 bits per heavy atom. The Morgan fingerprint density at radius 3 is 2.78 bits per heavy atom. The summed E-state index contributed by atoms with van der Waals surface area (Å²) in [4.78, 5) is 21.1. The Balaban J connectivity index is 1.93. The van der Waals surface area contributed by atoms with Crippen molar-refractivity contribution in [2.45, 2.75) is 19.5 Å². The van der Waals surface area contributed by atoms with E-state index in [1.165, 1.54) is 0 Å². The van der Waals surface area contributed by atoms with Gasteiger partial charge in [0.2, 0.25) is 5.91 Å². The molecular weight excluding hydrogens is 389 g/mol. The summed E-state index contributed by atoms with van der Waals surface area (Å²) in [6, 6.07) is 1.76. The van der Waals surface area contributed by atoms with Gasteiger partial charge in [-0.1, -0.05) is 23.2 Å². The SMILES string of the molecule is COCCN(C)CC(=O)N1Cc2cnc3c(Cl)c(Cl)c(OC)cc3c2[C@@H]1C. The van der Waals surface area contributed by atoms with Crippen LogP contribution in [0.15, 0.2) is 12.3 Å². The fraction of sp³-hybridized carbons (Fsp3) is 0.474. The maximum absolute atomic E-state index is 12.8. The van der Waals surface area contributed by atoms with E-state index in [1.807, 2.05) is 29.8 Å². The molecule has 0 unspecified atom stereocenters. The maximum atomic E-state index is 12.8. The Labute approximate surface area is 168 Å². The molecule has 0 spiro atoms. The molecule has 0 aliphatic carbocycles. The Kier molecular flexibility index (Phi) is 6.11. The van der Waals surface area contributed by atoms with Gasteiger partial charge in [0.25, 0.3) is 0 Å². The largest absolute Gasteiger partial charge is 0.495 e. The summed E-state index contributed by atoms with van der Waals surface area (Å²) in [5, 5.41) is 1.58. The Hall–Kier alpha value is -1.60. The van der Waals surface area contributed by atoms with Gasteiger partial charge in [0.15, 0.2) is 0 Å². The topological polar surface area (TPSA) is 54.9 Å². The highest BCUT2D eigenvalue weighted by atomic mass is 35.5. The lowest BCUT2D eigenvalue weighted by Crippen LogP contribution is -2.38. The Bertz CT molecular complexity index is 875. The summed E-state index contributed by atoms with van der Waals surface area (Å²) >= 11 is 12.7. The first-order valence-electron chi connectivity index (χ1n) is 8.69. The summed E-state index contributed by atoms with van der Waals surface area (Å²) in [5.74, 6) is 0.568. The molecule has 146 valence electrons. The average molecular weight is 412 g/mol. The number of hydrogen-bond acceptors (Lipinski definition) is 5. The summed E-state index contributed by atoms with van der Waals surface area (Å²) in [7, 11) is 5.11. The molecule has 2 aromatic rings. The monoisotopic (exact) mass is 411 g/mol. The number of halogens is 2. The predicted molar refractivity (Wildman–Crippen MR) is 107 cm³/mol. The van der Waals surface area contributed by atoms with Crippen molar-refractivity contribution >= 4 is 40.0 Å². The first-order valence-corrected chi connectivity index (χ1v) is 9.45. The molecule has 3 rings (SSSR count). The van der Waals surface area contributed by atoms with E-state index < -0.39 is 0 Å². The van der Waals surface area contributed by atoms with Crippen molar-refractivity contribution in [3.8, 4) is 5.75 Å². The van der Waals surface area contributed by atoms with Gasteiger partial charge in [-0.3, -0.25) is 14.7 Å². The van der Waals surface area contributed by atoms with Gasteiger partial charge in [-0.2, -0.15) is 0 Å². The fourth-order valence-electron chi connectivity index (χ4n) is 3.51. The van der Waals surface area contributed by atoms with Crippen LogP contribution in [0, 0.1) is 0 Å². The number of rotatable bonds is 6. The summed E-state index contributed by atoms with van der Waals surface area (Å²) in [6.07, 6.45) is 1.78. The molecule has 0 saturated heterocycles. The van der Waals surface area contributed by atoms with Gasteiger partial charge in [0, 0.05) is 31.8 Å². The van der Waals surface area contributed by atoms with Crippen LogP contribution in [0.1, 0.15) is 24.1 Å². The number of likely N-dealkylation sites (N-methyl/N-ethyl adjacent to an activating group) is 1. The van der Waals surface area contributed by atoms with Crippen LogP contribution in [0.25, 0.3) is 10.9 Å². The van der Waals surface area contributed by atoms with Crippen molar-refractivity contribution < 1.29 is 14.3 Å². The normalized spacial score (nSPS) is 16.3. The maximum Gasteiger partial charge on any atom is 0.237 e. The molecule has 1 aliphatic rings. The van der Waals surface area contributed by atoms with Crippen molar-refractivity contribution in [2.24, 2.45) is 0 Å². The third-order valence-corrected chi connectivity index (χ3v) is 5.82. The van der Waals surface area contributed by atoms with Crippen molar-refractivity contribution in [2.75, 3.05) is 41.0 Å². The zero-order valence-electron chi connectivity index (χ0n) is 15.9. The smallest absolute Gasteiger partial charge is 0.237 e. The summed E-state index contributed by atoms with van der Waals surface area (Å²) < 4.78 is 10.4. The van der Waals surface area contributed by atoms with Crippen molar-refractivity contribution in [3.63, 3.8) is 0 Å². The molecule has 0 radical (unpaired) electrons. The van der Waals surface area contributed by atoms with Gasteiger partial charge in [-0.15, -0.1) is 0 Å². The number of benzene rings is 1. The van der Waals surface area contributed by atoms with Gasteiger partial charge in [0.1, 0.15) is 10.8 Å². The zero-order chi connectivity index (χ0) is 19.7. The molecule has 0 saturated carbocycles. The zero-order valence-corrected chi connectivity index (χ0v) is 17.4. The molecule has 8 heteroatoms. The van der Waals surface area contributed by atoms with Gasteiger partial charge in [-0.05, 0) is 31.2 Å². The minimum absolute atomic E-state index is 0.0671. The van der Waals surface area contributed by atoms with Crippen LogP contribution in [0.2, 0.25) is 10.0 Å². The molecular formula is C19H23Cl2N3O3. The quantitative estimate of drug-likeness (QED) is 0.727. The Morgan fingerprint density at radius 2 is 2.11 bits per heavy atom. The molecule has 1 aromatic carbocycles. The number of nitrogens with zero attached hydrogens (tertiary/aromatic N) is 3. The van der Waals surface area contributed by atoms with Crippen LogP contribution in [0.4, 0.5) is 0 Å². The first-order chi connectivity index (χ1) is 12.9. The number of aromatic nitrogens is 1. The predicted octanol–water partition coefficient (Wildman–Crippen LogP) is 3.53. The standard InChI is InChI=1S/C19H23Cl2N3O3/c1-11-16-12(9-24(11)15(25)10-23(2)5-6-26-3)8-22-19-13(16)7-14(27-4)17(20)18(19)21/h7-8,11H,5-6,9-10H2,1-4H3/t11-/m0/s1. The van der Waals surface area contributed by atoms with Crippen LogP contribution >= 0.6 is 23.2 Å². The lowest BCUT2D eigenvalue weighted by atomic mass is 10.0. The fourth-order valence-corrected chi connectivity index (χ4v) is 3.97. The van der Waals surface area contributed by atoms with Gasteiger partial charge < -0.3 is 14.4 Å². The third kappa shape index (κ3) is 3.72. The second kappa shape index (κ2) is 8.19. The molecule has 2 heterocycles. The second-order valence-electron chi connectivity index (χ2n) is 6.73. The molecule has 0 N–H and O–H groups in total. The molecule has 6 nitrogen and oxygen atoms in total. The first kappa shape index (κ1) is 20.1. The van der Waals surface area contributed by atoms with Crippen molar-refractivity contribution in [1.82, 2.24) is 14.8 Å². The lowest BCUT2D eigenvalue weighted by Gasteiger charge is -2.25. The van der Waals surface area contributed by atoms with Gasteiger partial charge >= 0.3 is 0 Å². The van der Waals surface area contributed by atoms with Gasteiger partial charge in [-0.25, -0.2) is 0 Å². The van der Waals surface area contributed by atoms with E-state index in [-0.39, 0.29) is 11.9 Å². The van der Waals surface area contributed by atoms with Crippen molar-refractivity contribution in [1.29, 1.82) is 0 Å². The minimum Gasteiger partial charge on any atom is -0.495 e. The highest BCUT2D eigenvalue weighted by Gasteiger charge is 2.33. The van der Waals surface area contributed by atoms with E-state index >= 15 is 0 Å². The van der Waals surface area contributed by atoms with Crippen LogP contribution < -0.4 is 4.74 Å². The number of carbonyl (C=O) groups excluding carboxylic acids is 1. The van der Waals surface area contributed by atoms with Crippen LogP contribution in [0.5, 0.6) is 5.75 Å². The molecule has 1 aromatic heterocycles. The molecule has 0 bridgehead atoms. The van der Waals surface area contributed by atoms with E-state index in [9.17, 15) is 4.79 Å². The molecule has 1 atom stereocenters. The minimum atomic E-state index is -0.0872. The highest BCUT2D eigenvalue weighted by molar-refractivity contribution is 6.46. The van der Waals surface area contributed by atoms with Gasteiger partial charge in [0.05, 0.1) is 36.8 Å². The van der Waals surface area contributed by atoms with Crippen LogP contribution in [-0.2, 0) is 16.1 Å². The molecule has 1 amide bonds. The number of fused-ring (bicyclic) bond motifs is 3. The average Bonchev–Trinajstić information content (AvgIpc) is 2.99. The number of pyridine rings is 1. The number of methoxy groups -OCH3 is 2. The highest BCUT2D eigenvalue weighted by Crippen LogP contribution is 2.44. The summed E-state index contributed by atoms with van der Waals surface area (Å²) in [6.45, 7) is 4.18. The number of carbonyl (C=O) groups is 1. The van der Waals surface area contributed by atoms with E-state index in [1.54, 1.807) is 20.4 Å². The molecule has 0 fully saturated rings. The van der Waals surface area contributed by atoms with E-state index in [2.05, 4.69) is 4.98 Å². The van der Waals surface area contributed by atoms with Crippen molar-refractivity contribution in [3.05, 3.63) is 33.4 Å². The molecule has 27 heavy (non-hydrogen) atoms. The number of hydrogen-bond donors (Lipinski definition) is 0.